The molecule has 0 bridgehead atoms. The normalized spacial score (nSPS) is 10.3. The number of halogens is 3. The second-order valence-electron chi connectivity index (χ2n) is 3.63. The number of rotatable bonds is 6. The first-order valence-corrected chi connectivity index (χ1v) is 7.05. The molecule has 0 saturated carbocycles. The number of alkyl halides is 1. The Morgan fingerprint density at radius 2 is 2.12 bits per heavy atom. The van der Waals surface area contributed by atoms with Crippen LogP contribution in [0.4, 0.5) is 4.39 Å². The Kier molecular flexibility index (Phi) is 6.80. The van der Waals surface area contributed by atoms with E-state index in [4.69, 9.17) is 11.6 Å². The minimum absolute atomic E-state index is 0.153. The first kappa shape index (κ1) is 14.7. The van der Waals surface area contributed by atoms with Crippen molar-refractivity contribution >= 4 is 40.1 Å². The molecule has 1 rings (SSSR count). The van der Waals surface area contributed by atoms with E-state index in [1.54, 1.807) is 0 Å². The molecule has 17 heavy (non-hydrogen) atoms. The van der Waals surface area contributed by atoms with E-state index in [9.17, 15) is 9.18 Å². The van der Waals surface area contributed by atoms with Gasteiger partial charge in [-0.3, -0.25) is 4.79 Å². The van der Waals surface area contributed by atoms with Gasteiger partial charge in [-0.05, 0) is 53.6 Å². The summed E-state index contributed by atoms with van der Waals surface area (Å²) in [6.45, 7) is 0.628. The van der Waals surface area contributed by atoms with Crippen LogP contribution in [-0.2, 0) is 0 Å². The zero-order chi connectivity index (χ0) is 12.7. The molecule has 0 spiro atoms. The van der Waals surface area contributed by atoms with Gasteiger partial charge in [0.05, 0.1) is 5.56 Å². The van der Waals surface area contributed by atoms with E-state index in [2.05, 4.69) is 5.32 Å². The van der Waals surface area contributed by atoms with Crippen LogP contribution in [0.1, 0.15) is 29.6 Å². The number of unbranched alkanes of at least 4 members (excludes halogenated alkanes) is 2. The first-order valence-electron chi connectivity index (χ1n) is 5.44. The molecule has 2 nitrogen and oxygen atoms in total. The van der Waals surface area contributed by atoms with Crippen LogP contribution >= 0.6 is 34.2 Å². The van der Waals surface area contributed by atoms with Gasteiger partial charge in [-0.25, -0.2) is 4.39 Å². The zero-order valence-corrected chi connectivity index (χ0v) is 12.2. The number of hydrogen-bond donors (Lipinski definition) is 1. The van der Waals surface area contributed by atoms with Gasteiger partial charge in [0.25, 0.3) is 5.91 Å². The molecular formula is C12H14ClFINO. The largest absolute Gasteiger partial charge is 0.352 e. The molecule has 1 aromatic carbocycles. The molecule has 0 fully saturated rings. The quantitative estimate of drug-likeness (QED) is 0.464. The van der Waals surface area contributed by atoms with Gasteiger partial charge in [-0.1, -0.05) is 6.42 Å². The highest BCUT2D eigenvalue weighted by molar-refractivity contribution is 14.1. The van der Waals surface area contributed by atoms with Gasteiger partial charge in [0.2, 0.25) is 0 Å². The average molecular weight is 370 g/mol. The number of carbonyl (C=O) groups is 1. The van der Waals surface area contributed by atoms with Gasteiger partial charge in [0.1, 0.15) is 5.82 Å². The van der Waals surface area contributed by atoms with Gasteiger partial charge in [-0.2, -0.15) is 0 Å². The van der Waals surface area contributed by atoms with Crippen molar-refractivity contribution in [2.45, 2.75) is 19.3 Å². The van der Waals surface area contributed by atoms with E-state index in [1.807, 2.05) is 22.6 Å². The summed E-state index contributed by atoms with van der Waals surface area (Å²) in [7, 11) is 0. The highest BCUT2D eigenvalue weighted by Gasteiger charge is 2.09. The number of hydrogen-bond acceptors (Lipinski definition) is 1. The molecule has 0 aliphatic carbocycles. The molecule has 0 heterocycles. The van der Waals surface area contributed by atoms with Crippen molar-refractivity contribution in [2.24, 2.45) is 0 Å². The third-order valence-corrected chi connectivity index (χ3v) is 3.43. The summed E-state index contributed by atoms with van der Waals surface area (Å²) in [5.74, 6) is 0.178. The molecule has 0 aliphatic rings. The Balaban J connectivity index is 2.42. The van der Waals surface area contributed by atoms with Gasteiger partial charge < -0.3 is 5.32 Å². The Labute approximate surface area is 119 Å². The van der Waals surface area contributed by atoms with Crippen molar-refractivity contribution in [1.82, 2.24) is 5.32 Å². The summed E-state index contributed by atoms with van der Waals surface area (Å²) in [5, 5.41) is 2.81. The summed E-state index contributed by atoms with van der Waals surface area (Å²) in [4.78, 5) is 11.7. The summed E-state index contributed by atoms with van der Waals surface area (Å²) in [6, 6.07) is 4.15. The summed E-state index contributed by atoms with van der Waals surface area (Å²) in [5.41, 5.74) is 0.518. The lowest BCUT2D eigenvalue weighted by Crippen LogP contribution is -2.25. The Morgan fingerprint density at radius 1 is 1.35 bits per heavy atom. The van der Waals surface area contributed by atoms with Crippen LogP contribution < -0.4 is 5.32 Å². The Morgan fingerprint density at radius 3 is 2.76 bits per heavy atom. The van der Waals surface area contributed by atoms with Crippen molar-refractivity contribution in [1.29, 1.82) is 0 Å². The highest BCUT2D eigenvalue weighted by atomic mass is 127. The van der Waals surface area contributed by atoms with Crippen molar-refractivity contribution in [3.63, 3.8) is 0 Å². The SMILES string of the molecule is O=C(NCCCCCCl)c1ccc(F)cc1I. The van der Waals surface area contributed by atoms with E-state index in [-0.39, 0.29) is 11.7 Å². The molecule has 0 radical (unpaired) electrons. The van der Waals surface area contributed by atoms with E-state index >= 15 is 0 Å². The molecule has 0 atom stereocenters. The number of nitrogens with one attached hydrogen (secondary N) is 1. The van der Waals surface area contributed by atoms with Crippen LogP contribution in [-0.4, -0.2) is 18.3 Å². The molecule has 94 valence electrons. The highest BCUT2D eigenvalue weighted by Crippen LogP contribution is 2.13. The Bertz CT molecular complexity index is 387. The van der Waals surface area contributed by atoms with Crippen molar-refractivity contribution in [3.8, 4) is 0 Å². The Hall–Kier alpha value is -0.360. The fourth-order valence-electron chi connectivity index (χ4n) is 1.37. The maximum Gasteiger partial charge on any atom is 0.252 e. The molecule has 0 aliphatic heterocycles. The molecule has 0 saturated heterocycles. The van der Waals surface area contributed by atoms with Gasteiger partial charge in [0.15, 0.2) is 0 Å². The second-order valence-corrected chi connectivity index (χ2v) is 5.17. The van der Waals surface area contributed by atoms with Crippen molar-refractivity contribution in [3.05, 3.63) is 33.1 Å². The van der Waals surface area contributed by atoms with Crippen molar-refractivity contribution in [2.75, 3.05) is 12.4 Å². The average Bonchev–Trinajstić information content (AvgIpc) is 2.28. The van der Waals surface area contributed by atoms with Crippen LogP contribution in [0.2, 0.25) is 0 Å². The predicted octanol–water partition coefficient (Wildman–Crippen LogP) is 3.57. The van der Waals surface area contributed by atoms with Crippen LogP contribution in [0.15, 0.2) is 18.2 Å². The minimum atomic E-state index is -0.326. The smallest absolute Gasteiger partial charge is 0.252 e. The topological polar surface area (TPSA) is 29.1 Å². The number of amides is 1. The predicted molar refractivity (Wildman–Crippen MR) is 76.0 cm³/mol. The van der Waals surface area contributed by atoms with Gasteiger partial charge in [0, 0.05) is 16.0 Å². The molecule has 1 amide bonds. The van der Waals surface area contributed by atoms with Crippen LogP contribution in [0.25, 0.3) is 0 Å². The fourth-order valence-corrected chi connectivity index (χ4v) is 2.28. The van der Waals surface area contributed by atoms with E-state index in [0.717, 1.165) is 19.3 Å². The monoisotopic (exact) mass is 369 g/mol. The third kappa shape index (κ3) is 5.21. The third-order valence-electron chi connectivity index (χ3n) is 2.27. The molecule has 5 heteroatoms. The second kappa shape index (κ2) is 7.87. The molecule has 0 unspecified atom stereocenters. The van der Waals surface area contributed by atoms with E-state index in [0.29, 0.717) is 21.6 Å². The lowest BCUT2D eigenvalue weighted by atomic mass is 10.2. The number of carbonyl (C=O) groups excluding carboxylic acids is 1. The zero-order valence-electron chi connectivity index (χ0n) is 9.31. The summed E-state index contributed by atoms with van der Waals surface area (Å²) >= 11 is 7.51. The van der Waals surface area contributed by atoms with Crippen molar-refractivity contribution < 1.29 is 9.18 Å². The van der Waals surface area contributed by atoms with E-state index in [1.165, 1.54) is 18.2 Å². The summed E-state index contributed by atoms with van der Waals surface area (Å²) in [6.07, 6.45) is 2.88. The van der Waals surface area contributed by atoms with Crippen LogP contribution in [0, 0.1) is 9.39 Å². The maximum absolute atomic E-state index is 12.9. The molecule has 1 N–H and O–H groups in total. The van der Waals surface area contributed by atoms with Crippen LogP contribution in [0.3, 0.4) is 0 Å². The maximum atomic E-state index is 12.9. The van der Waals surface area contributed by atoms with Crippen LogP contribution in [0.5, 0.6) is 0 Å². The molecular weight excluding hydrogens is 355 g/mol. The lowest BCUT2D eigenvalue weighted by molar-refractivity contribution is 0.0952. The fraction of sp³-hybridized carbons (Fsp3) is 0.417. The minimum Gasteiger partial charge on any atom is -0.352 e. The standard InChI is InChI=1S/C12H14ClFINO/c13-6-2-1-3-7-16-12(17)10-5-4-9(14)8-11(10)15/h4-5,8H,1-3,6-7H2,(H,16,17). The summed E-state index contributed by atoms with van der Waals surface area (Å²) < 4.78 is 13.5. The number of benzene rings is 1. The van der Waals surface area contributed by atoms with Gasteiger partial charge >= 0.3 is 0 Å². The first-order chi connectivity index (χ1) is 8.15. The van der Waals surface area contributed by atoms with E-state index < -0.39 is 0 Å². The molecule has 0 aromatic heterocycles. The lowest BCUT2D eigenvalue weighted by Gasteiger charge is -2.06. The van der Waals surface area contributed by atoms with Gasteiger partial charge in [-0.15, -0.1) is 11.6 Å². The molecule has 1 aromatic rings.